The minimum Gasteiger partial charge on any atom is -0.373 e. The van der Waals surface area contributed by atoms with Gasteiger partial charge < -0.3 is 15.4 Å². The van der Waals surface area contributed by atoms with Crippen LogP contribution in [0.25, 0.3) is 0 Å². The van der Waals surface area contributed by atoms with E-state index in [0.29, 0.717) is 5.92 Å². The summed E-state index contributed by atoms with van der Waals surface area (Å²) in [7, 11) is 1.83. The molecule has 1 saturated heterocycles. The smallest absolute Gasteiger partial charge is 0.190 e. The molecule has 1 fully saturated rings. The first kappa shape index (κ1) is 22.6. The van der Waals surface area contributed by atoms with E-state index in [0.717, 1.165) is 38.5 Å². The molecule has 2 unspecified atom stereocenters. The topological polar surface area (TPSA) is 45.7 Å². The third-order valence-electron chi connectivity index (χ3n) is 4.42. The fraction of sp³-hybridized carbons (Fsp3) is 0.632. The number of nitrogens with one attached hydrogen (secondary N) is 2. The lowest BCUT2D eigenvalue weighted by Crippen LogP contribution is -2.42. The number of aryl methyl sites for hydroxylation is 1. The molecular weight excluding hydrogens is 445 g/mol. The number of nitrogens with zero attached hydrogens (tertiary/aromatic N) is 1. The summed E-state index contributed by atoms with van der Waals surface area (Å²) in [4.78, 5) is 4.33. The van der Waals surface area contributed by atoms with E-state index in [-0.39, 0.29) is 30.1 Å². The maximum atomic E-state index is 6.09. The standard InChI is InChI=1S/C19H31N3OS.HI/c1-15-7-9-16(10-8-15)18-17(6-4-12-23-18)14-22-19(20-2)21-11-5-13-24-3;/h7-10,17-18H,4-6,11-14H2,1-3H3,(H2,20,21,22);1H. The molecule has 25 heavy (non-hydrogen) atoms. The lowest BCUT2D eigenvalue weighted by atomic mass is 9.89. The second-order valence-electron chi connectivity index (χ2n) is 6.33. The van der Waals surface area contributed by atoms with E-state index in [1.807, 2.05) is 18.8 Å². The Balaban J connectivity index is 0.00000312. The molecule has 2 atom stereocenters. The van der Waals surface area contributed by atoms with Gasteiger partial charge in [-0.25, -0.2) is 0 Å². The molecule has 0 spiro atoms. The Hall–Kier alpha value is -0.470. The molecule has 0 saturated carbocycles. The zero-order chi connectivity index (χ0) is 17.2. The number of hydrogen-bond donors (Lipinski definition) is 2. The van der Waals surface area contributed by atoms with E-state index >= 15 is 0 Å². The molecule has 0 aromatic heterocycles. The van der Waals surface area contributed by atoms with Crippen LogP contribution in [0.4, 0.5) is 0 Å². The van der Waals surface area contributed by atoms with Gasteiger partial charge in [-0.05, 0) is 43.8 Å². The zero-order valence-corrected chi connectivity index (χ0v) is 18.7. The van der Waals surface area contributed by atoms with E-state index in [1.165, 1.54) is 23.3 Å². The number of ether oxygens (including phenoxy) is 1. The molecule has 1 aromatic carbocycles. The summed E-state index contributed by atoms with van der Waals surface area (Å²) in [5.74, 6) is 2.55. The minimum atomic E-state index is 0. The van der Waals surface area contributed by atoms with Crippen molar-refractivity contribution in [3.63, 3.8) is 0 Å². The number of thioether (sulfide) groups is 1. The molecule has 2 N–H and O–H groups in total. The molecule has 0 amide bonds. The summed E-state index contributed by atoms with van der Waals surface area (Å²) < 4.78 is 6.09. The lowest BCUT2D eigenvalue weighted by Gasteiger charge is -2.32. The molecule has 142 valence electrons. The van der Waals surface area contributed by atoms with Crippen molar-refractivity contribution in [2.75, 3.05) is 38.8 Å². The summed E-state index contributed by atoms with van der Waals surface area (Å²) in [5, 5.41) is 6.87. The van der Waals surface area contributed by atoms with E-state index in [4.69, 9.17) is 4.74 Å². The van der Waals surface area contributed by atoms with Crippen LogP contribution in [0.5, 0.6) is 0 Å². The molecule has 1 aromatic rings. The Morgan fingerprint density at radius 2 is 2.04 bits per heavy atom. The highest BCUT2D eigenvalue weighted by Crippen LogP contribution is 2.33. The Bertz CT molecular complexity index is 510. The van der Waals surface area contributed by atoms with Gasteiger partial charge in [0.25, 0.3) is 0 Å². The molecule has 0 bridgehead atoms. The van der Waals surface area contributed by atoms with Crippen LogP contribution in [-0.4, -0.2) is 44.7 Å². The van der Waals surface area contributed by atoms with Gasteiger partial charge in [0, 0.05) is 32.7 Å². The molecule has 1 heterocycles. The maximum absolute atomic E-state index is 6.09. The average molecular weight is 477 g/mol. The monoisotopic (exact) mass is 477 g/mol. The van der Waals surface area contributed by atoms with Crippen LogP contribution >= 0.6 is 35.7 Å². The Morgan fingerprint density at radius 3 is 2.72 bits per heavy atom. The first-order valence-corrected chi connectivity index (χ1v) is 10.3. The molecule has 0 aliphatic carbocycles. The number of benzene rings is 1. The predicted octanol–water partition coefficient (Wildman–Crippen LogP) is 4.00. The number of guanidine groups is 1. The van der Waals surface area contributed by atoms with Crippen molar-refractivity contribution in [3.8, 4) is 0 Å². The summed E-state index contributed by atoms with van der Waals surface area (Å²) >= 11 is 1.88. The Morgan fingerprint density at radius 1 is 1.28 bits per heavy atom. The number of halogens is 1. The van der Waals surface area contributed by atoms with Gasteiger partial charge in [0.1, 0.15) is 0 Å². The zero-order valence-electron chi connectivity index (χ0n) is 15.6. The molecule has 0 radical (unpaired) electrons. The fourth-order valence-electron chi connectivity index (χ4n) is 3.05. The van der Waals surface area contributed by atoms with Gasteiger partial charge in [-0.15, -0.1) is 24.0 Å². The van der Waals surface area contributed by atoms with Gasteiger partial charge in [-0.3, -0.25) is 4.99 Å². The van der Waals surface area contributed by atoms with Crippen LogP contribution in [0, 0.1) is 12.8 Å². The summed E-state index contributed by atoms with van der Waals surface area (Å²) in [5.41, 5.74) is 2.58. The minimum absolute atomic E-state index is 0. The van der Waals surface area contributed by atoms with Crippen molar-refractivity contribution >= 4 is 41.7 Å². The summed E-state index contributed by atoms with van der Waals surface area (Å²) in [6.45, 7) is 4.83. The number of rotatable bonds is 7. The third kappa shape index (κ3) is 7.74. The van der Waals surface area contributed by atoms with Crippen molar-refractivity contribution in [1.29, 1.82) is 0 Å². The first-order chi connectivity index (χ1) is 11.7. The van der Waals surface area contributed by atoms with E-state index in [9.17, 15) is 0 Å². The van der Waals surface area contributed by atoms with Crippen LogP contribution < -0.4 is 10.6 Å². The van der Waals surface area contributed by atoms with Gasteiger partial charge in [0.2, 0.25) is 0 Å². The molecular formula is C19H32IN3OS. The van der Waals surface area contributed by atoms with Crippen LogP contribution in [0.15, 0.2) is 29.3 Å². The maximum Gasteiger partial charge on any atom is 0.190 e. The van der Waals surface area contributed by atoms with Crippen molar-refractivity contribution in [1.82, 2.24) is 10.6 Å². The largest absolute Gasteiger partial charge is 0.373 e. The second-order valence-corrected chi connectivity index (χ2v) is 7.32. The van der Waals surface area contributed by atoms with Crippen LogP contribution in [0.3, 0.4) is 0 Å². The van der Waals surface area contributed by atoms with Gasteiger partial charge in [0.05, 0.1) is 6.10 Å². The first-order valence-electron chi connectivity index (χ1n) is 8.86. The van der Waals surface area contributed by atoms with E-state index in [2.05, 4.69) is 53.1 Å². The SMILES string of the molecule is CN=C(NCCCSC)NCC1CCCOC1c1ccc(C)cc1.I. The second kappa shape index (κ2) is 12.8. The normalized spacial score (nSPS) is 20.7. The molecule has 1 aliphatic rings. The van der Waals surface area contributed by atoms with Crippen molar-refractivity contribution in [2.24, 2.45) is 10.9 Å². The van der Waals surface area contributed by atoms with Crippen molar-refractivity contribution in [3.05, 3.63) is 35.4 Å². The Kier molecular flexibility index (Phi) is 11.6. The number of aliphatic imine (C=N–C) groups is 1. The molecule has 6 heteroatoms. The highest BCUT2D eigenvalue weighted by molar-refractivity contribution is 14.0. The fourth-order valence-corrected chi connectivity index (χ4v) is 3.48. The number of hydrogen-bond acceptors (Lipinski definition) is 3. The van der Waals surface area contributed by atoms with Gasteiger partial charge in [-0.1, -0.05) is 29.8 Å². The van der Waals surface area contributed by atoms with Crippen LogP contribution in [0.1, 0.15) is 36.5 Å². The quantitative estimate of drug-likeness (QED) is 0.270. The molecule has 2 rings (SSSR count). The predicted molar refractivity (Wildman–Crippen MR) is 120 cm³/mol. The van der Waals surface area contributed by atoms with E-state index in [1.54, 1.807) is 0 Å². The van der Waals surface area contributed by atoms with Gasteiger partial charge >= 0.3 is 0 Å². The molecule has 1 aliphatic heterocycles. The Labute approximate surface area is 174 Å². The lowest BCUT2D eigenvalue weighted by molar-refractivity contribution is -0.0265. The van der Waals surface area contributed by atoms with Crippen molar-refractivity contribution in [2.45, 2.75) is 32.3 Å². The highest BCUT2D eigenvalue weighted by atomic mass is 127. The van der Waals surface area contributed by atoms with Gasteiger partial charge in [0.15, 0.2) is 5.96 Å². The summed E-state index contributed by atoms with van der Waals surface area (Å²) in [6.07, 6.45) is 5.80. The third-order valence-corrected chi connectivity index (χ3v) is 5.12. The summed E-state index contributed by atoms with van der Waals surface area (Å²) in [6, 6.07) is 8.75. The molecule has 4 nitrogen and oxygen atoms in total. The highest BCUT2D eigenvalue weighted by Gasteiger charge is 2.27. The average Bonchev–Trinajstić information content (AvgIpc) is 2.62. The van der Waals surface area contributed by atoms with E-state index < -0.39 is 0 Å². The van der Waals surface area contributed by atoms with Crippen LogP contribution in [0.2, 0.25) is 0 Å². The van der Waals surface area contributed by atoms with Gasteiger partial charge in [-0.2, -0.15) is 11.8 Å². The van der Waals surface area contributed by atoms with Crippen molar-refractivity contribution < 1.29 is 4.74 Å². The van der Waals surface area contributed by atoms with Crippen LogP contribution in [-0.2, 0) is 4.74 Å².